The zero-order chi connectivity index (χ0) is 13.0. The van der Waals surface area contributed by atoms with Crippen molar-refractivity contribution in [2.75, 3.05) is 33.3 Å². The molecule has 0 aliphatic carbocycles. The largest absolute Gasteiger partial charge is 0.467 e. The molecule has 1 atom stereocenters. The second-order valence-corrected chi connectivity index (χ2v) is 5.33. The molecule has 0 bridgehead atoms. The summed E-state index contributed by atoms with van der Waals surface area (Å²) in [6.07, 6.45) is 4.01. The van der Waals surface area contributed by atoms with Crippen LogP contribution in [0, 0.1) is 0 Å². The van der Waals surface area contributed by atoms with Gasteiger partial charge in [0.2, 0.25) is 5.67 Å². The van der Waals surface area contributed by atoms with Crippen LogP contribution in [0.25, 0.3) is 0 Å². The molecular weight excluding hydrogens is 235 g/mol. The highest BCUT2D eigenvalue weighted by molar-refractivity contribution is 5.79. The van der Waals surface area contributed by atoms with Crippen LogP contribution in [0.15, 0.2) is 0 Å². The number of nitrogens with zero attached hydrogens (tertiary/aromatic N) is 1. The van der Waals surface area contributed by atoms with Crippen molar-refractivity contribution < 1.29 is 13.9 Å². The Bertz CT molecular complexity index is 283. The van der Waals surface area contributed by atoms with Crippen LogP contribution in [0.3, 0.4) is 0 Å². The fourth-order valence-corrected chi connectivity index (χ4v) is 3.00. The molecule has 0 aromatic carbocycles. The molecule has 18 heavy (non-hydrogen) atoms. The summed E-state index contributed by atoms with van der Waals surface area (Å²) in [6, 6.07) is 0.544. The van der Waals surface area contributed by atoms with Gasteiger partial charge >= 0.3 is 5.97 Å². The molecule has 0 aromatic rings. The summed E-state index contributed by atoms with van der Waals surface area (Å²) >= 11 is 0. The Kier molecular flexibility index (Phi) is 4.56. The Hall–Kier alpha value is -0.680. The molecule has 0 saturated carbocycles. The summed E-state index contributed by atoms with van der Waals surface area (Å²) in [6.45, 7) is 3.45. The molecule has 2 saturated heterocycles. The van der Waals surface area contributed by atoms with Crippen LogP contribution >= 0.6 is 0 Å². The number of alkyl halides is 1. The number of methoxy groups -OCH3 is 1. The van der Waals surface area contributed by atoms with Crippen molar-refractivity contribution in [1.29, 1.82) is 0 Å². The van der Waals surface area contributed by atoms with Crippen LogP contribution in [0.4, 0.5) is 4.39 Å². The Morgan fingerprint density at radius 1 is 1.33 bits per heavy atom. The molecule has 4 nitrogen and oxygen atoms in total. The van der Waals surface area contributed by atoms with Gasteiger partial charge in [-0.05, 0) is 32.4 Å². The number of halogens is 1. The predicted molar refractivity (Wildman–Crippen MR) is 67.2 cm³/mol. The Morgan fingerprint density at radius 2 is 2.06 bits per heavy atom. The number of rotatable bonds is 2. The Morgan fingerprint density at radius 3 is 2.72 bits per heavy atom. The molecule has 0 spiro atoms. The van der Waals surface area contributed by atoms with Crippen molar-refractivity contribution in [3.63, 3.8) is 0 Å². The lowest BCUT2D eigenvalue weighted by atomic mass is 9.91. The van der Waals surface area contributed by atoms with Gasteiger partial charge < -0.3 is 15.0 Å². The third-order valence-corrected chi connectivity index (χ3v) is 4.20. The highest BCUT2D eigenvalue weighted by atomic mass is 19.1. The van der Waals surface area contributed by atoms with Gasteiger partial charge in [-0.15, -0.1) is 0 Å². The summed E-state index contributed by atoms with van der Waals surface area (Å²) in [5.74, 6) is -0.704. The second kappa shape index (κ2) is 5.97. The van der Waals surface area contributed by atoms with Crippen LogP contribution in [0.5, 0.6) is 0 Å². The number of likely N-dealkylation sites (tertiary alicyclic amines) is 1. The molecule has 104 valence electrons. The van der Waals surface area contributed by atoms with E-state index in [0.29, 0.717) is 19.1 Å². The van der Waals surface area contributed by atoms with E-state index >= 15 is 0 Å². The molecule has 2 rings (SSSR count). The van der Waals surface area contributed by atoms with E-state index in [1.165, 1.54) is 20.0 Å². The molecule has 1 N–H and O–H groups in total. The highest BCUT2D eigenvalue weighted by Gasteiger charge is 2.43. The average Bonchev–Trinajstić information content (AvgIpc) is 2.67. The van der Waals surface area contributed by atoms with Gasteiger partial charge in [-0.1, -0.05) is 0 Å². The second-order valence-electron chi connectivity index (χ2n) is 5.33. The van der Waals surface area contributed by atoms with E-state index in [2.05, 4.69) is 15.0 Å². The van der Waals surface area contributed by atoms with Crippen molar-refractivity contribution in [3.05, 3.63) is 0 Å². The minimum atomic E-state index is -1.76. The van der Waals surface area contributed by atoms with E-state index in [4.69, 9.17) is 0 Å². The maximum atomic E-state index is 14.3. The zero-order valence-corrected chi connectivity index (χ0v) is 11.1. The van der Waals surface area contributed by atoms with E-state index in [9.17, 15) is 9.18 Å². The van der Waals surface area contributed by atoms with Gasteiger partial charge in [0.05, 0.1) is 7.11 Å². The highest BCUT2D eigenvalue weighted by Crippen LogP contribution is 2.30. The molecular formula is C13H23FN2O2. The van der Waals surface area contributed by atoms with E-state index < -0.39 is 11.6 Å². The first kappa shape index (κ1) is 13.7. The number of nitrogens with one attached hydrogen (secondary N) is 1. The quantitative estimate of drug-likeness (QED) is 0.753. The lowest BCUT2D eigenvalue weighted by Gasteiger charge is -2.38. The van der Waals surface area contributed by atoms with Gasteiger partial charge in [-0.3, -0.25) is 0 Å². The van der Waals surface area contributed by atoms with Crippen LogP contribution in [0.1, 0.15) is 32.1 Å². The Balaban J connectivity index is 1.87. The van der Waals surface area contributed by atoms with E-state index in [1.54, 1.807) is 0 Å². The maximum Gasteiger partial charge on any atom is 0.343 e. The number of carbonyl (C=O) groups excluding carboxylic acids is 1. The maximum absolute atomic E-state index is 14.3. The standard InChI is InChI=1S/C13H23FN2O2/c1-18-12(17)13(14)5-9-16(10-6-13)11-3-2-7-15-8-4-11/h11,15H,2-10H2,1H3. The lowest BCUT2D eigenvalue weighted by molar-refractivity contribution is -0.158. The molecule has 0 radical (unpaired) electrons. The SMILES string of the molecule is COC(=O)C1(F)CCN(C2CCCNCC2)CC1. The molecule has 5 heteroatoms. The monoisotopic (exact) mass is 258 g/mol. The topological polar surface area (TPSA) is 41.6 Å². The van der Waals surface area contributed by atoms with Crippen LogP contribution in [0.2, 0.25) is 0 Å². The first-order valence-electron chi connectivity index (χ1n) is 6.88. The zero-order valence-electron chi connectivity index (χ0n) is 11.1. The van der Waals surface area contributed by atoms with Crippen molar-refractivity contribution in [2.24, 2.45) is 0 Å². The van der Waals surface area contributed by atoms with Crippen molar-refractivity contribution in [1.82, 2.24) is 10.2 Å². The van der Waals surface area contributed by atoms with Crippen LogP contribution in [-0.2, 0) is 9.53 Å². The molecule has 2 aliphatic rings. The van der Waals surface area contributed by atoms with Gasteiger partial charge in [0.15, 0.2) is 0 Å². The third kappa shape index (κ3) is 3.01. The van der Waals surface area contributed by atoms with Crippen molar-refractivity contribution >= 4 is 5.97 Å². The van der Waals surface area contributed by atoms with E-state index in [1.807, 2.05) is 0 Å². The normalized spacial score (nSPS) is 29.6. The minimum Gasteiger partial charge on any atom is -0.467 e. The third-order valence-electron chi connectivity index (χ3n) is 4.20. The van der Waals surface area contributed by atoms with Gasteiger partial charge in [0.25, 0.3) is 0 Å². The van der Waals surface area contributed by atoms with Crippen LogP contribution < -0.4 is 5.32 Å². The number of ether oxygens (including phenoxy) is 1. The summed E-state index contributed by atoms with van der Waals surface area (Å²) in [5, 5.41) is 3.39. The van der Waals surface area contributed by atoms with Crippen molar-refractivity contribution in [2.45, 2.75) is 43.8 Å². The molecule has 2 heterocycles. The van der Waals surface area contributed by atoms with Gasteiger partial charge in [-0.25, -0.2) is 9.18 Å². The smallest absolute Gasteiger partial charge is 0.343 e. The number of carbonyl (C=O) groups is 1. The van der Waals surface area contributed by atoms with Gasteiger partial charge in [0, 0.05) is 32.0 Å². The van der Waals surface area contributed by atoms with E-state index in [-0.39, 0.29) is 12.8 Å². The first-order chi connectivity index (χ1) is 8.65. The molecule has 0 aromatic heterocycles. The summed E-state index contributed by atoms with van der Waals surface area (Å²) in [4.78, 5) is 13.7. The summed E-state index contributed by atoms with van der Waals surface area (Å²) in [5.41, 5.74) is -1.76. The molecule has 2 aliphatic heterocycles. The van der Waals surface area contributed by atoms with Gasteiger partial charge in [-0.2, -0.15) is 0 Å². The molecule has 1 unspecified atom stereocenters. The Labute approximate surface area is 108 Å². The number of piperidine rings is 1. The predicted octanol–water partition coefficient (Wildman–Crippen LogP) is 1.11. The minimum absolute atomic E-state index is 0.267. The summed E-state index contributed by atoms with van der Waals surface area (Å²) in [7, 11) is 1.26. The number of hydrogen-bond donors (Lipinski definition) is 1. The summed E-state index contributed by atoms with van der Waals surface area (Å²) < 4.78 is 18.8. The van der Waals surface area contributed by atoms with Gasteiger partial charge in [0.1, 0.15) is 0 Å². The van der Waals surface area contributed by atoms with Crippen LogP contribution in [-0.4, -0.2) is 55.9 Å². The number of esters is 1. The average molecular weight is 258 g/mol. The van der Waals surface area contributed by atoms with Crippen molar-refractivity contribution in [3.8, 4) is 0 Å². The fraction of sp³-hybridized carbons (Fsp3) is 0.923. The fourth-order valence-electron chi connectivity index (χ4n) is 3.00. The van der Waals surface area contributed by atoms with E-state index in [0.717, 1.165) is 19.5 Å². The molecule has 2 fully saturated rings. The molecule has 0 amide bonds. The lowest BCUT2D eigenvalue weighted by Crippen LogP contribution is -2.50. The first-order valence-corrected chi connectivity index (χ1v) is 6.88. The number of hydrogen-bond acceptors (Lipinski definition) is 4.